The summed E-state index contributed by atoms with van der Waals surface area (Å²) in [6.45, 7) is 9.41. The largest absolute Gasteiger partial charge is 0.363 e. The first-order valence-corrected chi connectivity index (χ1v) is 8.04. The highest BCUT2D eigenvalue weighted by Gasteiger charge is 2.04. The molecule has 0 amide bonds. The van der Waals surface area contributed by atoms with Gasteiger partial charge in [0.15, 0.2) is 5.11 Å². The van der Waals surface area contributed by atoms with Crippen molar-refractivity contribution in [3.05, 3.63) is 35.4 Å². The molecular formula is C15H24N6S. The van der Waals surface area contributed by atoms with Crippen molar-refractivity contribution in [3.63, 3.8) is 0 Å². The topological polar surface area (TPSA) is 59.7 Å². The van der Waals surface area contributed by atoms with Gasteiger partial charge in [-0.2, -0.15) is 10.2 Å². The number of rotatable bonds is 7. The van der Waals surface area contributed by atoms with Gasteiger partial charge in [-0.1, -0.05) is 0 Å². The van der Waals surface area contributed by atoms with Crippen molar-refractivity contribution in [1.29, 1.82) is 0 Å². The van der Waals surface area contributed by atoms with Crippen LogP contribution in [0.3, 0.4) is 0 Å². The van der Waals surface area contributed by atoms with Crippen LogP contribution in [0, 0.1) is 13.8 Å². The molecule has 0 spiro atoms. The van der Waals surface area contributed by atoms with E-state index in [0.717, 1.165) is 37.4 Å². The van der Waals surface area contributed by atoms with Gasteiger partial charge >= 0.3 is 0 Å². The zero-order valence-corrected chi connectivity index (χ0v) is 14.3. The Labute approximate surface area is 136 Å². The lowest BCUT2D eigenvalue weighted by Crippen LogP contribution is -2.35. The maximum Gasteiger partial charge on any atom is 0.166 e. The Hall–Kier alpha value is -1.89. The fourth-order valence-corrected chi connectivity index (χ4v) is 2.34. The molecule has 22 heavy (non-hydrogen) atoms. The fourth-order valence-electron chi connectivity index (χ4n) is 2.16. The quantitative estimate of drug-likeness (QED) is 0.601. The summed E-state index contributed by atoms with van der Waals surface area (Å²) < 4.78 is 3.89. The molecule has 0 atom stereocenters. The van der Waals surface area contributed by atoms with Gasteiger partial charge in [0.25, 0.3) is 0 Å². The van der Waals surface area contributed by atoms with Gasteiger partial charge in [-0.25, -0.2) is 0 Å². The molecule has 2 heterocycles. The number of aromatic nitrogens is 4. The van der Waals surface area contributed by atoms with Gasteiger partial charge in [0.1, 0.15) is 0 Å². The Morgan fingerprint density at radius 1 is 1.23 bits per heavy atom. The molecule has 0 aliphatic heterocycles. The van der Waals surface area contributed by atoms with Crippen LogP contribution in [0.15, 0.2) is 18.5 Å². The second kappa shape index (κ2) is 7.93. The number of nitrogens with one attached hydrogen (secondary N) is 2. The third-order valence-electron chi connectivity index (χ3n) is 3.43. The van der Waals surface area contributed by atoms with E-state index in [-0.39, 0.29) is 0 Å². The van der Waals surface area contributed by atoms with Crippen LogP contribution in [-0.2, 0) is 19.6 Å². The minimum absolute atomic E-state index is 0.681. The van der Waals surface area contributed by atoms with E-state index in [2.05, 4.69) is 34.0 Å². The molecule has 0 fully saturated rings. The van der Waals surface area contributed by atoms with Crippen LogP contribution in [0.5, 0.6) is 0 Å². The van der Waals surface area contributed by atoms with Crippen LogP contribution in [-0.4, -0.2) is 31.2 Å². The van der Waals surface area contributed by atoms with Crippen LogP contribution in [0.4, 0.5) is 0 Å². The normalized spacial score (nSPS) is 10.7. The van der Waals surface area contributed by atoms with E-state index >= 15 is 0 Å². The summed E-state index contributed by atoms with van der Waals surface area (Å²) in [7, 11) is 0. The van der Waals surface area contributed by atoms with Gasteiger partial charge < -0.3 is 10.6 Å². The molecule has 0 saturated heterocycles. The number of hydrogen-bond acceptors (Lipinski definition) is 3. The van der Waals surface area contributed by atoms with Gasteiger partial charge in [0, 0.05) is 44.1 Å². The summed E-state index contributed by atoms with van der Waals surface area (Å²) in [6.07, 6.45) is 5.04. The second-order valence-corrected chi connectivity index (χ2v) is 5.69. The molecule has 0 bridgehead atoms. The molecule has 0 saturated carbocycles. The molecular weight excluding hydrogens is 296 g/mol. The molecule has 7 heteroatoms. The summed E-state index contributed by atoms with van der Waals surface area (Å²) in [5.41, 5.74) is 3.28. The standard InChI is InChI=1S/C15H24N6S/c1-4-20-11-14(13(3)19-20)10-17-15(22)16-7-5-8-21-9-6-12(2)18-21/h6,9,11H,4-5,7-8,10H2,1-3H3,(H2,16,17,22). The molecule has 6 nitrogen and oxygen atoms in total. The zero-order chi connectivity index (χ0) is 15.9. The second-order valence-electron chi connectivity index (χ2n) is 5.28. The molecule has 2 rings (SSSR count). The molecule has 2 N–H and O–H groups in total. The van der Waals surface area contributed by atoms with E-state index in [1.54, 1.807) is 0 Å². The Morgan fingerprint density at radius 3 is 2.68 bits per heavy atom. The molecule has 120 valence electrons. The van der Waals surface area contributed by atoms with E-state index in [4.69, 9.17) is 12.2 Å². The Morgan fingerprint density at radius 2 is 2.05 bits per heavy atom. The third-order valence-corrected chi connectivity index (χ3v) is 3.72. The van der Waals surface area contributed by atoms with Crippen molar-refractivity contribution >= 4 is 17.3 Å². The van der Waals surface area contributed by atoms with Crippen molar-refractivity contribution in [2.24, 2.45) is 0 Å². The van der Waals surface area contributed by atoms with Gasteiger partial charge in [-0.3, -0.25) is 9.36 Å². The smallest absolute Gasteiger partial charge is 0.166 e. The van der Waals surface area contributed by atoms with Crippen molar-refractivity contribution in [2.45, 2.75) is 46.8 Å². The molecule has 0 unspecified atom stereocenters. The molecule has 0 radical (unpaired) electrons. The Bertz CT molecular complexity index is 615. The highest BCUT2D eigenvalue weighted by molar-refractivity contribution is 7.80. The SMILES string of the molecule is CCn1cc(CNC(=S)NCCCn2ccc(C)n2)c(C)n1. The summed E-state index contributed by atoms with van der Waals surface area (Å²) in [6, 6.07) is 2.01. The van der Waals surface area contributed by atoms with Crippen molar-refractivity contribution in [1.82, 2.24) is 30.2 Å². The van der Waals surface area contributed by atoms with Crippen LogP contribution < -0.4 is 10.6 Å². The minimum atomic E-state index is 0.681. The van der Waals surface area contributed by atoms with Gasteiger partial charge in [0.2, 0.25) is 0 Å². The van der Waals surface area contributed by atoms with Crippen LogP contribution in [0.25, 0.3) is 0 Å². The lowest BCUT2D eigenvalue weighted by atomic mass is 10.3. The number of nitrogens with zero attached hydrogens (tertiary/aromatic N) is 4. The van der Waals surface area contributed by atoms with E-state index in [1.165, 1.54) is 5.56 Å². The predicted molar refractivity (Wildman–Crippen MR) is 91.7 cm³/mol. The first-order valence-electron chi connectivity index (χ1n) is 7.63. The lowest BCUT2D eigenvalue weighted by Gasteiger charge is -2.10. The van der Waals surface area contributed by atoms with Gasteiger partial charge in [-0.15, -0.1) is 0 Å². The number of thiocarbonyl (C=S) groups is 1. The highest BCUT2D eigenvalue weighted by Crippen LogP contribution is 2.04. The van der Waals surface area contributed by atoms with Crippen molar-refractivity contribution in [2.75, 3.05) is 6.54 Å². The maximum absolute atomic E-state index is 5.29. The van der Waals surface area contributed by atoms with Gasteiger partial charge in [-0.05, 0) is 45.5 Å². The first kappa shape index (κ1) is 16.5. The first-order chi connectivity index (χ1) is 10.6. The molecule has 2 aromatic rings. The van der Waals surface area contributed by atoms with E-state index in [1.807, 2.05) is 35.5 Å². The fraction of sp³-hybridized carbons (Fsp3) is 0.533. The van der Waals surface area contributed by atoms with Crippen molar-refractivity contribution < 1.29 is 0 Å². The molecule has 0 aliphatic carbocycles. The van der Waals surface area contributed by atoms with Crippen LogP contribution in [0.1, 0.15) is 30.3 Å². The van der Waals surface area contributed by atoms with Crippen LogP contribution >= 0.6 is 12.2 Å². The summed E-state index contributed by atoms with van der Waals surface area (Å²) in [4.78, 5) is 0. The molecule has 2 aromatic heterocycles. The number of hydrogen-bond donors (Lipinski definition) is 2. The average molecular weight is 320 g/mol. The Kier molecular flexibility index (Phi) is 5.94. The van der Waals surface area contributed by atoms with Crippen molar-refractivity contribution in [3.8, 4) is 0 Å². The molecule has 0 aliphatic rings. The zero-order valence-electron chi connectivity index (χ0n) is 13.5. The monoisotopic (exact) mass is 320 g/mol. The predicted octanol–water partition coefficient (Wildman–Crippen LogP) is 1.77. The van der Waals surface area contributed by atoms with Gasteiger partial charge in [0.05, 0.1) is 11.4 Å². The summed E-state index contributed by atoms with van der Waals surface area (Å²) in [5.74, 6) is 0. The Balaban J connectivity index is 1.64. The van der Waals surface area contributed by atoms with Crippen LogP contribution in [0.2, 0.25) is 0 Å². The molecule has 0 aromatic carbocycles. The lowest BCUT2D eigenvalue weighted by molar-refractivity contribution is 0.568. The summed E-state index contributed by atoms with van der Waals surface area (Å²) >= 11 is 5.29. The van der Waals surface area contributed by atoms with E-state index in [0.29, 0.717) is 11.7 Å². The minimum Gasteiger partial charge on any atom is -0.363 e. The third kappa shape index (κ3) is 4.84. The highest BCUT2D eigenvalue weighted by atomic mass is 32.1. The van der Waals surface area contributed by atoms with E-state index in [9.17, 15) is 0 Å². The average Bonchev–Trinajstić information content (AvgIpc) is 3.07. The number of aryl methyl sites for hydroxylation is 4. The summed E-state index contributed by atoms with van der Waals surface area (Å²) in [5, 5.41) is 15.9. The maximum atomic E-state index is 5.29. The van der Waals surface area contributed by atoms with E-state index < -0.39 is 0 Å².